The van der Waals surface area contributed by atoms with Crippen LogP contribution in [0.1, 0.15) is 27.2 Å². The molecule has 1 aliphatic carbocycles. The second-order valence-electron chi connectivity index (χ2n) is 4.76. The van der Waals surface area contributed by atoms with E-state index in [1.165, 1.54) is 7.11 Å². The van der Waals surface area contributed by atoms with Crippen molar-refractivity contribution in [3.05, 3.63) is 0 Å². The molecule has 0 aromatic carbocycles. The summed E-state index contributed by atoms with van der Waals surface area (Å²) < 4.78 is 9.82. The molecule has 5 nitrogen and oxygen atoms in total. The van der Waals surface area contributed by atoms with Crippen LogP contribution in [0.5, 0.6) is 0 Å². The van der Waals surface area contributed by atoms with Gasteiger partial charge in [-0.3, -0.25) is 0 Å². The van der Waals surface area contributed by atoms with Gasteiger partial charge in [0.2, 0.25) is 0 Å². The Hall–Kier alpha value is -0.530. The predicted molar refractivity (Wildman–Crippen MR) is 66.5 cm³/mol. The highest BCUT2D eigenvalue weighted by molar-refractivity contribution is 14.1. The van der Waals surface area contributed by atoms with E-state index in [-0.39, 0.29) is 3.92 Å². The molecule has 2 unspecified atom stereocenters. The summed E-state index contributed by atoms with van der Waals surface area (Å²) in [6.45, 7) is 5.31. The van der Waals surface area contributed by atoms with Crippen molar-refractivity contribution in [2.24, 2.45) is 0 Å². The first kappa shape index (κ1) is 13.5. The molecule has 1 saturated carbocycles. The fourth-order valence-electron chi connectivity index (χ4n) is 1.28. The molecular formula is C10H16INO4. The normalized spacial score (nSPS) is 28.2. The van der Waals surface area contributed by atoms with Gasteiger partial charge in [-0.1, -0.05) is 22.6 Å². The lowest BCUT2D eigenvalue weighted by Gasteiger charge is -2.22. The highest BCUT2D eigenvalue weighted by atomic mass is 127. The highest BCUT2D eigenvalue weighted by Crippen LogP contribution is 2.44. The van der Waals surface area contributed by atoms with E-state index in [4.69, 9.17) is 4.74 Å². The van der Waals surface area contributed by atoms with E-state index in [1.54, 1.807) is 20.8 Å². The van der Waals surface area contributed by atoms with E-state index in [0.29, 0.717) is 6.42 Å². The number of carbonyl (C=O) groups excluding carboxylic acids is 2. The van der Waals surface area contributed by atoms with Gasteiger partial charge in [0.25, 0.3) is 0 Å². The van der Waals surface area contributed by atoms with Gasteiger partial charge in [0.1, 0.15) is 5.60 Å². The summed E-state index contributed by atoms with van der Waals surface area (Å²) in [6.07, 6.45) is -0.00324. The molecule has 2 atom stereocenters. The lowest BCUT2D eigenvalue weighted by Crippen LogP contribution is -2.47. The Morgan fingerprint density at radius 3 is 2.25 bits per heavy atom. The molecule has 0 bridgehead atoms. The van der Waals surface area contributed by atoms with Crippen LogP contribution in [0.2, 0.25) is 0 Å². The summed E-state index contributed by atoms with van der Waals surface area (Å²) in [5.74, 6) is -0.419. The molecule has 0 spiro atoms. The Labute approximate surface area is 108 Å². The Kier molecular flexibility index (Phi) is 3.71. The van der Waals surface area contributed by atoms with E-state index in [2.05, 4.69) is 32.6 Å². The monoisotopic (exact) mass is 341 g/mol. The number of hydrogen-bond donors (Lipinski definition) is 1. The van der Waals surface area contributed by atoms with Crippen LogP contribution in [0.15, 0.2) is 0 Å². The van der Waals surface area contributed by atoms with E-state index in [1.807, 2.05) is 0 Å². The van der Waals surface area contributed by atoms with E-state index < -0.39 is 23.2 Å². The topological polar surface area (TPSA) is 64.6 Å². The molecule has 1 fully saturated rings. The summed E-state index contributed by atoms with van der Waals surface area (Å²) in [4.78, 5) is 23.0. The molecule has 0 aromatic rings. The SMILES string of the molecule is COC(=O)C1(NC(=O)OC(C)(C)C)CC1I. The summed E-state index contributed by atoms with van der Waals surface area (Å²) in [6, 6.07) is 0. The van der Waals surface area contributed by atoms with Crippen molar-refractivity contribution in [2.45, 2.75) is 42.3 Å². The Balaban J connectivity index is 2.59. The number of halogens is 1. The van der Waals surface area contributed by atoms with Crippen LogP contribution in [0.25, 0.3) is 0 Å². The van der Waals surface area contributed by atoms with Gasteiger partial charge in [0.15, 0.2) is 5.54 Å². The van der Waals surface area contributed by atoms with Crippen molar-refractivity contribution in [2.75, 3.05) is 7.11 Å². The van der Waals surface area contributed by atoms with E-state index >= 15 is 0 Å². The number of hydrogen-bond acceptors (Lipinski definition) is 4. The van der Waals surface area contributed by atoms with Crippen molar-refractivity contribution in [1.82, 2.24) is 5.32 Å². The minimum absolute atomic E-state index is 0.0602. The zero-order valence-corrected chi connectivity index (χ0v) is 12.0. The first-order valence-electron chi connectivity index (χ1n) is 4.95. The van der Waals surface area contributed by atoms with Gasteiger partial charge in [-0.2, -0.15) is 0 Å². The summed E-state index contributed by atoms with van der Waals surface area (Å²) >= 11 is 2.11. The molecule has 1 N–H and O–H groups in total. The van der Waals surface area contributed by atoms with Gasteiger partial charge in [0.05, 0.1) is 7.11 Å². The van der Waals surface area contributed by atoms with Crippen LogP contribution >= 0.6 is 22.6 Å². The van der Waals surface area contributed by atoms with Crippen LogP contribution in [0.4, 0.5) is 4.79 Å². The van der Waals surface area contributed by atoms with Crippen molar-refractivity contribution < 1.29 is 19.1 Å². The van der Waals surface area contributed by atoms with Gasteiger partial charge in [0, 0.05) is 3.92 Å². The second-order valence-corrected chi connectivity index (χ2v) is 6.27. The van der Waals surface area contributed by atoms with Crippen LogP contribution in [0.3, 0.4) is 0 Å². The molecule has 1 rings (SSSR count). The first-order valence-corrected chi connectivity index (χ1v) is 6.19. The zero-order valence-electron chi connectivity index (χ0n) is 9.80. The number of ether oxygens (including phenoxy) is 2. The quantitative estimate of drug-likeness (QED) is 0.471. The largest absolute Gasteiger partial charge is 0.467 e. The Morgan fingerprint density at radius 2 is 1.94 bits per heavy atom. The van der Waals surface area contributed by atoms with Gasteiger partial charge >= 0.3 is 12.1 Å². The molecule has 0 heterocycles. The maximum Gasteiger partial charge on any atom is 0.408 e. The number of carbonyl (C=O) groups is 2. The third-order valence-corrected chi connectivity index (χ3v) is 3.65. The summed E-state index contributed by atoms with van der Waals surface area (Å²) in [7, 11) is 1.31. The van der Waals surface area contributed by atoms with Gasteiger partial charge < -0.3 is 14.8 Å². The van der Waals surface area contributed by atoms with Crippen LogP contribution in [0, 0.1) is 0 Å². The molecule has 0 saturated heterocycles. The molecule has 92 valence electrons. The maximum absolute atomic E-state index is 11.5. The third kappa shape index (κ3) is 2.99. The third-order valence-electron chi connectivity index (χ3n) is 2.15. The summed E-state index contributed by atoms with van der Waals surface area (Å²) in [5.41, 5.74) is -1.46. The van der Waals surface area contributed by atoms with Crippen molar-refractivity contribution >= 4 is 34.7 Å². The van der Waals surface area contributed by atoms with Crippen LogP contribution in [-0.4, -0.2) is 34.2 Å². The number of nitrogens with one attached hydrogen (secondary N) is 1. The predicted octanol–water partition coefficient (Wildman–Crippen LogP) is 1.63. The molecule has 0 aliphatic heterocycles. The standard InChI is InChI=1S/C10H16INO4/c1-9(2,3)16-8(14)12-10(5-6(10)11)7(13)15-4/h6H,5H2,1-4H3,(H,12,14). The zero-order chi connectivity index (χ0) is 12.6. The molecule has 6 heteroatoms. The highest BCUT2D eigenvalue weighted by Gasteiger charge is 2.61. The fourth-order valence-corrected chi connectivity index (χ4v) is 2.39. The molecule has 1 aliphatic rings. The smallest absolute Gasteiger partial charge is 0.408 e. The Morgan fingerprint density at radius 1 is 1.44 bits per heavy atom. The van der Waals surface area contributed by atoms with Crippen LogP contribution in [-0.2, 0) is 14.3 Å². The number of amides is 1. The number of alkyl halides is 1. The van der Waals surface area contributed by atoms with Crippen molar-refractivity contribution in [3.63, 3.8) is 0 Å². The maximum atomic E-state index is 11.5. The molecule has 0 radical (unpaired) electrons. The summed E-state index contributed by atoms with van der Waals surface area (Å²) in [5, 5.41) is 2.58. The minimum Gasteiger partial charge on any atom is -0.467 e. The molecular weight excluding hydrogens is 325 g/mol. The second kappa shape index (κ2) is 4.38. The Bertz CT molecular complexity index is 312. The van der Waals surface area contributed by atoms with Gasteiger partial charge in [-0.15, -0.1) is 0 Å². The van der Waals surface area contributed by atoms with E-state index in [9.17, 15) is 9.59 Å². The first-order chi connectivity index (χ1) is 7.21. The molecule has 0 aromatic heterocycles. The fraction of sp³-hybridized carbons (Fsp3) is 0.800. The minimum atomic E-state index is -0.891. The van der Waals surface area contributed by atoms with Gasteiger partial charge in [-0.05, 0) is 27.2 Å². The average molecular weight is 341 g/mol. The molecule has 16 heavy (non-hydrogen) atoms. The van der Waals surface area contributed by atoms with E-state index in [0.717, 1.165) is 0 Å². The van der Waals surface area contributed by atoms with Crippen molar-refractivity contribution in [1.29, 1.82) is 0 Å². The number of methoxy groups -OCH3 is 1. The molecule has 1 amide bonds. The van der Waals surface area contributed by atoms with Crippen LogP contribution < -0.4 is 5.32 Å². The lowest BCUT2D eigenvalue weighted by molar-refractivity contribution is -0.144. The number of alkyl carbamates (subject to hydrolysis) is 1. The lowest BCUT2D eigenvalue weighted by atomic mass is 10.2. The average Bonchev–Trinajstić information content (AvgIpc) is 2.72. The number of rotatable bonds is 2. The van der Waals surface area contributed by atoms with Gasteiger partial charge in [-0.25, -0.2) is 9.59 Å². The van der Waals surface area contributed by atoms with Crippen molar-refractivity contribution in [3.8, 4) is 0 Å². The number of esters is 1.